The molecule has 0 aromatic rings. The van der Waals surface area contributed by atoms with Crippen molar-refractivity contribution in [2.24, 2.45) is 23.7 Å². The van der Waals surface area contributed by atoms with Crippen LogP contribution in [0.5, 0.6) is 0 Å². The number of hydrogen-bond acceptors (Lipinski definition) is 5. The van der Waals surface area contributed by atoms with Crippen molar-refractivity contribution in [3.63, 3.8) is 0 Å². The number of rotatable bonds is 2. The van der Waals surface area contributed by atoms with E-state index < -0.39 is 5.97 Å². The fraction of sp³-hybridized carbons (Fsp3) is 0.750. The predicted octanol–water partition coefficient (Wildman–Crippen LogP) is 1.71. The Morgan fingerprint density at radius 1 is 1.48 bits per heavy atom. The molecule has 1 saturated carbocycles. The van der Waals surface area contributed by atoms with Gasteiger partial charge in [0.1, 0.15) is 12.2 Å². The van der Waals surface area contributed by atoms with Gasteiger partial charge in [0.2, 0.25) is 0 Å². The monoisotopic (exact) mass is 294 g/mol. The quantitative estimate of drug-likeness (QED) is 0.573. The third kappa shape index (κ3) is 2.37. The van der Waals surface area contributed by atoms with E-state index in [1.165, 1.54) is 7.11 Å². The van der Waals surface area contributed by atoms with Crippen molar-refractivity contribution >= 4 is 11.9 Å². The van der Waals surface area contributed by atoms with Gasteiger partial charge in [-0.25, -0.2) is 4.79 Å². The molecule has 5 heteroatoms. The Morgan fingerprint density at radius 2 is 2.19 bits per heavy atom. The second kappa shape index (κ2) is 5.13. The molecule has 0 radical (unpaired) electrons. The van der Waals surface area contributed by atoms with Crippen LogP contribution in [-0.2, 0) is 23.8 Å². The lowest BCUT2D eigenvalue weighted by Crippen LogP contribution is -2.45. The maximum atomic E-state index is 12.4. The Morgan fingerprint density at radius 3 is 2.76 bits per heavy atom. The van der Waals surface area contributed by atoms with Crippen LogP contribution in [0.4, 0.5) is 0 Å². The SMILES string of the molecule is COC(=O)C1=C[C@H]2[C@@H](C(C)C)CC[C@@]3(CO3)[C@H]2C(=O)OC1. The van der Waals surface area contributed by atoms with E-state index in [1.807, 2.05) is 6.08 Å². The first-order valence-electron chi connectivity index (χ1n) is 7.58. The maximum Gasteiger partial charge on any atom is 0.336 e. The molecular weight excluding hydrogens is 272 g/mol. The van der Waals surface area contributed by atoms with E-state index in [1.54, 1.807) is 0 Å². The van der Waals surface area contributed by atoms with Crippen LogP contribution in [0.1, 0.15) is 26.7 Å². The first-order valence-corrected chi connectivity index (χ1v) is 7.58. The molecule has 1 spiro atoms. The summed E-state index contributed by atoms with van der Waals surface area (Å²) in [7, 11) is 1.35. The van der Waals surface area contributed by atoms with E-state index in [2.05, 4.69) is 13.8 Å². The molecule has 5 nitrogen and oxygen atoms in total. The van der Waals surface area contributed by atoms with Crippen molar-refractivity contribution in [2.45, 2.75) is 32.3 Å². The Labute approximate surface area is 124 Å². The molecule has 0 aromatic heterocycles. The van der Waals surface area contributed by atoms with Gasteiger partial charge in [0, 0.05) is 0 Å². The number of esters is 2. The number of fused-ring (bicyclic) bond motifs is 2. The Kier molecular flexibility index (Phi) is 3.56. The molecular formula is C16H22O5. The number of ether oxygens (including phenoxy) is 3. The molecule has 0 bridgehead atoms. The minimum absolute atomic E-state index is 0.000593. The van der Waals surface area contributed by atoms with Gasteiger partial charge < -0.3 is 14.2 Å². The van der Waals surface area contributed by atoms with Gasteiger partial charge in [-0.1, -0.05) is 19.9 Å². The Bertz CT molecular complexity index is 489. The Balaban J connectivity index is 1.99. The minimum atomic E-state index is -0.415. The number of hydrogen-bond donors (Lipinski definition) is 0. The van der Waals surface area contributed by atoms with Crippen LogP contribution in [0.3, 0.4) is 0 Å². The number of carbonyl (C=O) groups excluding carboxylic acids is 2. The first kappa shape index (κ1) is 14.6. The largest absolute Gasteiger partial charge is 0.466 e. The second-order valence-corrected chi connectivity index (χ2v) is 6.65. The summed E-state index contributed by atoms with van der Waals surface area (Å²) in [5.41, 5.74) is 0.0940. The van der Waals surface area contributed by atoms with Crippen LogP contribution in [0.15, 0.2) is 11.6 Å². The molecule has 116 valence electrons. The number of methoxy groups -OCH3 is 1. The van der Waals surface area contributed by atoms with E-state index >= 15 is 0 Å². The van der Waals surface area contributed by atoms with Crippen LogP contribution < -0.4 is 0 Å². The molecule has 0 unspecified atom stereocenters. The second-order valence-electron chi connectivity index (χ2n) is 6.65. The zero-order chi connectivity index (χ0) is 15.2. The lowest BCUT2D eigenvalue weighted by atomic mass is 9.63. The van der Waals surface area contributed by atoms with E-state index in [0.29, 0.717) is 24.0 Å². The average Bonchev–Trinajstić information content (AvgIpc) is 3.23. The molecule has 0 amide bonds. The zero-order valence-corrected chi connectivity index (χ0v) is 12.8. The van der Waals surface area contributed by atoms with Gasteiger partial charge in [-0.15, -0.1) is 0 Å². The molecule has 1 aliphatic carbocycles. The van der Waals surface area contributed by atoms with Crippen LogP contribution in [0.25, 0.3) is 0 Å². The summed E-state index contributed by atoms with van der Waals surface area (Å²) in [4.78, 5) is 24.3. The fourth-order valence-electron chi connectivity index (χ4n) is 3.92. The van der Waals surface area contributed by atoms with Gasteiger partial charge in [-0.2, -0.15) is 0 Å². The highest BCUT2D eigenvalue weighted by molar-refractivity contribution is 5.90. The molecule has 1 saturated heterocycles. The van der Waals surface area contributed by atoms with E-state index in [4.69, 9.17) is 14.2 Å². The molecule has 2 aliphatic heterocycles. The van der Waals surface area contributed by atoms with Gasteiger partial charge in [0.25, 0.3) is 0 Å². The molecule has 0 N–H and O–H groups in total. The lowest BCUT2D eigenvalue weighted by molar-refractivity contribution is -0.154. The summed E-state index contributed by atoms with van der Waals surface area (Å²) in [6, 6.07) is 0. The van der Waals surface area contributed by atoms with E-state index in [0.717, 1.165) is 12.8 Å². The Hall–Kier alpha value is -1.36. The number of cyclic esters (lactones) is 1. The highest BCUT2D eigenvalue weighted by Crippen LogP contribution is 2.54. The van der Waals surface area contributed by atoms with Crippen molar-refractivity contribution in [1.29, 1.82) is 0 Å². The van der Waals surface area contributed by atoms with Crippen molar-refractivity contribution in [3.05, 3.63) is 11.6 Å². The maximum absolute atomic E-state index is 12.4. The average molecular weight is 294 g/mol. The topological polar surface area (TPSA) is 65.1 Å². The summed E-state index contributed by atoms with van der Waals surface area (Å²) in [6.07, 6.45) is 3.82. The third-order valence-electron chi connectivity index (χ3n) is 5.18. The van der Waals surface area contributed by atoms with Crippen LogP contribution in [0.2, 0.25) is 0 Å². The van der Waals surface area contributed by atoms with Gasteiger partial charge in [-0.3, -0.25) is 4.79 Å². The molecule has 4 atom stereocenters. The van der Waals surface area contributed by atoms with Gasteiger partial charge in [0.15, 0.2) is 0 Å². The fourth-order valence-corrected chi connectivity index (χ4v) is 3.92. The molecule has 2 fully saturated rings. The molecule has 3 aliphatic rings. The first-order chi connectivity index (χ1) is 9.98. The van der Waals surface area contributed by atoms with Gasteiger partial charge in [0.05, 0.1) is 25.2 Å². The number of allylic oxidation sites excluding steroid dienone is 1. The normalized spacial score (nSPS) is 38.4. The lowest BCUT2D eigenvalue weighted by Gasteiger charge is -2.40. The zero-order valence-electron chi connectivity index (χ0n) is 12.8. The third-order valence-corrected chi connectivity index (χ3v) is 5.18. The van der Waals surface area contributed by atoms with E-state index in [-0.39, 0.29) is 30.0 Å². The predicted molar refractivity (Wildman–Crippen MR) is 74.3 cm³/mol. The van der Waals surface area contributed by atoms with Gasteiger partial charge >= 0.3 is 11.9 Å². The molecule has 2 heterocycles. The van der Waals surface area contributed by atoms with Crippen molar-refractivity contribution in [1.82, 2.24) is 0 Å². The highest BCUT2D eigenvalue weighted by Gasteiger charge is 2.62. The molecule has 21 heavy (non-hydrogen) atoms. The van der Waals surface area contributed by atoms with Crippen LogP contribution in [-0.4, -0.2) is 37.9 Å². The smallest absolute Gasteiger partial charge is 0.336 e. The summed E-state index contributed by atoms with van der Waals surface area (Å²) in [6.45, 7) is 4.94. The summed E-state index contributed by atoms with van der Waals surface area (Å²) >= 11 is 0. The number of carbonyl (C=O) groups is 2. The molecule has 0 aromatic carbocycles. The van der Waals surface area contributed by atoms with Crippen molar-refractivity contribution < 1.29 is 23.8 Å². The summed E-state index contributed by atoms with van der Waals surface area (Å²) in [5, 5.41) is 0. The number of epoxide rings is 1. The van der Waals surface area contributed by atoms with Crippen molar-refractivity contribution in [2.75, 3.05) is 20.3 Å². The van der Waals surface area contributed by atoms with Gasteiger partial charge in [-0.05, 0) is 30.6 Å². The molecule has 3 rings (SSSR count). The van der Waals surface area contributed by atoms with Crippen LogP contribution >= 0.6 is 0 Å². The minimum Gasteiger partial charge on any atom is -0.466 e. The van der Waals surface area contributed by atoms with Crippen molar-refractivity contribution in [3.8, 4) is 0 Å². The summed E-state index contributed by atoms with van der Waals surface area (Å²) in [5.74, 6) is -0.156. The van der Waals surface area contributed by atoms with Crippen LogP contribution in [0, 0.1) is 23.7 Å². The highest BCUT2D eigenvalue weighted by atomic mass is 16.6. The summed E-state index contributed by atoms with van der Waals surface area (Å²) < 4.78 is 15.8. The standard InChI is InChI=1S/C16H22O5/c1-9(2)11-4-5-16(8-21-16)13-12(11)6-10(14(17)19-3)7-20-15(13)18/h6,9,11-13H,4-5,7-8H2,1-3H3/t11-,12+,13-,16-/m1/s1. The van der Waals surface area contributed by atoms with E-state index in [9.17, 15) is 9.59 Å².